The van der Waals surface area contributed by atoms with E-state index < -0.39 is 0 Å². The Kier molecular flexibility index (Phi) is 4.31. The molecule has 2 aliphatic heterocycles. The highest BCUT2D eigenvalue weighted by Crippen LogP contribution is 2.36. The van der Waals surface area contributed by atoms with Crippen LogP contribution in [0.25, 0.3) is 0 Å². The molecular formula is C15H20ClN3O2. The zero-order valence-corrected chi connectivity index (χ0v) is 12.7. The van der Waals surface area contributed by atoms with Crippen molar-refractivity contribution in [3.05, 3.63) is 33.3 Å². The lowest BCUT2D eigenvalue weighted by molar-refractivity contribution is -0.384. The molecule has 3 rings (SSSR count). The first-order valence-corrected chi connectivity index (χ1v) is 7.98. The van der Waals surface area contributed by atoms with Crippen LogP contribution >= 0.6 is 11.6 Å². The number of nitrogens with one attached hydrogen (secondary N) is 1. The van der Waals surface area contributed by atoms with Crippen molar-refractivity contribution in [1.82, 2.24) is 5.32 Å². The molecule has 21 heavy (non-hydrogen) atoms. The summed E-state index contributed by atoms with van der Waals surface area (Å²) in [7, 11) is 0. The number of hydrogen-bond donors (Lipinski definition) is 1. The van der Waals surface area contributed by atoms with Crippen LogP contribution in [0.5, 0.6) is 0 Å². The van der Waals surface area contributed by atoms with Crippen molar-refractivity contribution < 1.29 is 4.92 Å². The summed E-state index contributed by atoms with van der Waals surface area (Å²) in [5, 5.41) is 15.3. The Morgan fingerprint density at radius 1 is 1.29 bits per heavy atom. The lowest BCUT2D eigenvalue weighted by Crippen LogP contribution is -2.50. The minimum Gasteiger partial charge on any atom is -0.361 e. The third-order valence-corrected chi connectivity index (χ3v) is 4.79. The van der Waals surface area contributed by atoms with Gasteiger partial charge in [0.1, 0.15) is 5.69 Å². The molecule has 1 N–H and O–H groups in total. The van der Waals surface area contributed by atoms with Gasteiger partial charge in [-0.2, -0.15) is 0 Å². The third-order valence-electron chi connectivity index (χ3n) is 4.56. The number of anilines is 1. The molecule has 0 aliphatic carbocycles. The quantitative estimate of drug-likeness (QED) is 0.687. The molecule has 2 aliphatic rings. The molecule has 5 nitrogen and oxygen atoms in total. The van der Waals surface area contributed by atoms with Gasteiger partial charge in [0.15, 0.2) is 0 Å². The molecule has 2 fully saturated rings. The molecule has 1 aromatic rings. The van der Waals surface area contributed by atoms with E-state index in [1.807, 2.05) is 0 Å². The second-order valence-electron chi connectivity index (χ2n) is 5.85. The second-order valence-corrected chi connectivity index (χ2v) is 6.29. The van der Waals surface area contributed by atoms with Gasteiger partial charge in [-0.3, -0.25) is 10.1 Å². The number of nitro groups is 1. The van der Waals surface area contributed by atoms with Crippen molar-refractivity contribution in [2.75, 3.05) is 18.0 Å². The summed E-state index contributed by atoms with van der Waals surface area (Å²) in [4.78, 5) is 13.2. The lowest BCUT2D eigenvalue weighted by atomic mass is 9.93. The van der Waals surface area contributed by atoms with E-state index in [0.717, 1.165) is 32.4 Å². The first-order chi connectivity index (χ1) is 10.2. The van der Waals surface area contributed by atoms with Gasteiger partial charge in [0.25, 0.3) is 5.69 Å². The average Bonchev–Trinajstić information content (AvgIpc) is 3.01. The molecule has 1 aromatic carbocycles. The van der Waals surface area contributed by atoms with Crippen molar-refractivity contribution in [2.24, 2.45) is 0 Å². The van der Waals surface area contributed by atoms with E-state index in [9.17, 15) is 10.1 Å². The van der Waals surface area contributed by atoms with E-state index in [2.05, 4.69) is 10.2 Å². The van der Waals surface area contributed by atoms with Gasteiger partial charge in [0.05, 0.1) is 4.92 Å². The summed E-state index contributed by atoms with van der Waals surface area (Å²) in [6.45, 7) is 1.93. The van der Waals surface area contributed by atoms with Gasteiger partial charge < -0.3 is 10.2 Å². The molecular weight excluding hydrogens is 290 g/mol. The number of hydrogen-bond acceptors (Lipinski definition) is 4. The Bertz CT molecular complexity index is 532. The Morgan fingerprint density at radius 3 is 2.86 bits per heavy atom. The van der Waals surface area contributed by atoms with E-state index in [0.29, 0.717) is 22.8 Å². The molecule has 0 amide bonds. The van der Waals surface area contributed by atoms with Crippen LogP contribution in [0.4, 0.5) is 11.4 Å². The van der Waals surface area contributed by atoms with Crippen LogP contribution < -0.4 is 10.2 Å². The SMILES string of the molecule is O=[N+]([O-])c1cc(Cl)ccc1N1CCCCC1C1CCCN1. The van der Waals surface area contributed by atoms with Gasteiger partial charge in [-0.1, -0.05) is 11.6 Å². The van der Waals surface area contributed by atoms with Gasteiger partial charge in [0.2, 0.25) is 0 Å². The van der Waals surface area contributed by atoms with Crippen molar-refractivity contribution in [2.45, 2.75) is 44.2 Å². The van der Waals surface area contributed by atoms with Gasteiger partial charge >= 0.3 is 0 Å². The number of benzene rings is 1. The normalized spacial score (nSPS) is 26.0. The minimum atomic E-state index is -0.324. The van der Waals surface area contributed by atoms with Crippen molar-refractivity contribution >= 4 is 23.0 Å². The van der Waals surface area contributed by atoms with Crippen molar-refractivity contribution in [1.29, 1.82) is 0 Å². The highest BCUT2D eigenvalue weighted by molar-refractivity contribution is 6.30. The summed E-state index contributed by atoms with van der Waals surface area (Å²) < 4.78 is 0. The van der Waals surface area contributed by atoms with Crippen LogP contribution in [0, 0.1) is 10.1 Å². The van der Waals surface area contributed by atoms with E-state index in [1.54, 1.807) is 12.1 Å². The molecule has 6 heteroatoms. The number of piperidine rings is 1. The fourth-order valence-corrected chi connectivity index (χ4v) is 3.77. The fourth-order valence-electron chi connectivity index (χ4n) is 3.60. The Morgan fingerprint density at radius 2 is 2.14 bits per heavy atom. The third kappa shape index (κ3) is 2.99. The maximum atomic E-state index is 11.3. The highest BCUT2D eigenvalue weighted by atomic mass is 35.5. The van der Waals surface area contributed by atoms with E-state index in [4.69, 9.17) is 11.6 Å². The van der Waals surface area contributed by atoms with Crippen molar-refractivity contribution in [3.8, 4) is 0 Å². The van der Waals surface area contributed by atoms with Crippen LogP contribution in [0.1, 0.15) is 32.1 Å². The molecule has 0 aromatic heterocycles. The van der Waals surface area contributed by atoms with Crippen LogP contribution in [-0.4, -0.2) is 30.1 Å². The number of rotatable bonds is 3. The molecule has 0 saturated carbocycles. The van der Waals surface area contributed by atoms with Crippen LogP contribution in [0.15, 0.2) is 18.2 Å². The topological polar surface area (TPSA) is 58.4 Å². The van der Waals surface area contributed by atoms with E-state index >= 15 is 0 Å². The van der Waals surface area contributed by atoms with E-state index in [-0.39, 0.29) is 10.6 Å². The lowest BCUT2D eigenvalue weighted by Gasteiger charge is -2.40. The fraction of sp³-hybridized carbons (Fsp3) is 0.600. The summed E-state index contributed by atoms with van der Waals surface area (Å²) in [6, 6.07) is 5.80. The Hall–Kier alpha value is -1.33. The molecule has 0 radical (unpaired) electrons. The van der Waals surface area contributed by atoms with Gasteiger partial charge in [-0.25, -0.2) is 0 Å². The average molecular weight is 310 g/mol. The van der Waals surface area contributed by atoms with Crippen LogP contribution in [0.3, 0.4) is 0 Å². The standard InChI is InChI=1S/C15H20ClN3O2/c16-11-6-7-14(15(10-11)19(20)21)18-9-2-1-5-13(18)12-4-3-8-17-12/h6-7,10,12-13,17H,1-5,8-9H2. The largest absolute Gasteiger partial charge is 0.361 e. The maximum Gasteiger partial charge on any atom is 0.294 e. The molecule has 2 heterocycles. The predicted molar refractivity (Wildman–Crippen MR) is 84.1 cm³/mol. The van der Waals surface area contributed by atoms with Crippen molar-refractivity contribution in [3.63, 3.8) is 0 Å². The molecule has 114 valence electrons. The number of halogens is 1. The molecule has 2 saturated heterocycles. The zero-order chi connectivity index (χ0) is 14.8. The number of nitrogens with zero attached hydrogens (tertiary/aromatic N) is 2. The minimum absolute atomic E-state index is 0.118. The summed E-state index contributed by atoms with van der Waals surface area (Å²) in [5.74, 6) is 0. The van der Waals surface area contributed by atoms with Crippen LogP contribution in [0.2, 0.25) is 5.02 Å². The second kappa shape index (κ2) is 6.20. The summed E-state index contributed by atoms with van der Waals surface area (Å²) in [6.07, 6.45) is 5.72. The van der Waals surface area contributed by atoms with Crippen LogP contribution in [-0.2, 0) is 0 Å². The maximum absolute atomic E-state index is 11.3. The van der Waals surface area contributed by atoms with E-state index in [1.165, 1.54) is 18.9 Å². The smallest absolute Gasteiger partial charge is 0.294 e. The van der Waals surface area contributed by atoms with Gasteiger partial charge in [-0.15, -0.1) is 0 Å². The monoisotopic (exact) mass is 309 g/mol. The molecule has 0 bridgehead atoms. The Labute approximate surface area is 129 Å². The zero-order valence-electron chi connectivity index (χ0n) is 11.9. The first-order valence-electron chi connectivity index (χ1n) is 7.61. The first kappa shape index (κ1) is 14.6. The van der Waals surface area contributed by atoms with Gasteiger partial charge in [0, 0.05) is 29.7 Å². The molecule has 0 spiro atoms. The predicted octanol–water partition coefficient (Wildman–Crippen LogP) is 3.36. The highest BCUT2D eigenvalue weighted by Gasteiger charge is 2.34. The summed E-state index contributed by atoms with van der Waals surface area (Å²) in [5.41, 5.74) is 0.829. The van der Waals surface area contributed by atoms with Gasteiger partial charge in [-0.05, 0) is 50.8 Å². The molecule has 2 atom stereocenters. The summed E-state index contributed by atoms with van der Waals surface area (Å²) >= 11 is 5.93. The number of nitro benzene ring substituents is 1. The Balaban J connectivity index is 1.94. The molecule has 2 unspecified atom stereocenters.